The van der Waals surface area contributed by atoms with Crippen molar-refractivity contribution in [2.75, 3.05) is 0 Å². The van der Waals surface area contributed by atoms with E-state index in [0.29, 0.717) is 6.42 Å². The van der Waals surface area contributed by atoms with Crippen LogP contribution in [0, 0.1) is 0 Å². The Morgan fingerprint density at radius 2 is 1.00 bits per heavy atom. The molecule has 0 aliphatic heterocycles. The maximum Gasteiger partial charge on any atom is 1.00 e. The van der Waals surface area contributed by atoms with Crippen molar-refractivity contribution >= 4 is 5.97 Å². The minimum atomic E-state index is -1.24. The van der Waals surface area contributed by atoms with Gasteiger partial charge in [-0.3, -0.25) is 0 Å². The maximum absolute atomic E-state index is 10.2. The molecule has 1 atom stereocenters. The first-order chi connectivity index (χ1) is 13.7. The molecular formula is C25H47NaO3. The molecule has 0 aliphatic rings. The van der Waals surface area contributed by atoms with E-state index in [9.17, 15) is 15.0 Å². The topological polar surface area (TPSA) is 60.4 Å². The van der Waals surface area contributed by atoms with Crippen LogP contribution in [0.1, 0.15) is 135 Å². The molecule has 0 bridgehead atoms. The second kappa shape index (κ2) is 26.2. The van der Waals surface area contributed by atoms with Crippen LogP contribution in [0.4, 0.5) is 0 Å². The molecule has 29 heavy (non-hydrogen) atoms. The van der Waals surface area contributed by atoms with Gasteiger partial charge in [-0.05, 0) is 12.5 Å². The Hall–Kier alpha value is 0.170. The Labute approximate surface area is 203 Å². The van der Waals surface area contributed by atoms with Crippen molar-refractivity contribution < 1.29 is 44.6 Å². The number of carboxylic acid groups (broad SMARTS) is 1. The minimum Gasteiger partial charge on any atom is -0.545 e. The van der Waals surface area contributed by atoms with Gasteiger partial charge in [0.15, 0.2) is 0 Å². The van der Waals surface area contributed by atoms with Crippen molar-refractivity contribution in [2.24, 2.45) is 0 Å². The maximum atomic E-state index is 10.2. The van der Waals surface area contributed by atoms with Crippen molar-refractivity contribution in [1.29, 1.82) is 0 Å². The Balaban J connectivity index is 0. The van der Waals surface area contributed by atoms with Gasteiger partial charge in [-0.15, -0.1) is 0 Å². The summed E-state index contributed by atoms with van der Waals surface area (Å²) in [5, 5.41) is 19.8. The van der Waals surface area contributed by atoms with Crippen molar-refractivity contribution in [3.05, 3.63) is 12.2 Å². The van der Waals surface area contributed by atoms with E-state index in [1.165, 1.54) is 115 Å². The normalized spacial score (nSPS) is 12.2. The zero-order chi connectivity index (χ0) is 20.7. The van der Waals surface area contributed by atoms with E-state index in [1.54, 1.807) is 0 Å². The fourth-order valence-electron chi connectivity index (χ4n) is 3.72. The molecule has 0 aromatic carbocycles. The Morgan fingerprint density at radius 3 is 1.31 bits per heavy atom. The first kappa shape index (κ1) is 31.4. The van der Waals surface area contributed by atoms with Gasteiger partial charge < -0.3 is 15.0 Å². The molecule has 0 spiro atoms. The van der Waals surface area contributed by atoms with Gasteiger partial charge in [0.25, 0.3) is 0 Å². The number of carbonyl (C=O) groups is 1. The Bertz CT molecular complexity index is 358. The van der Waals surface area contributed by atoms with Crippen LogP contribution in [0.5, 0.6) is 0 Å². The van der Waals surface area contributed by atoms with Gasteiger partial charge in [-0.2, -0.15) is 0 Å². The van der Waals surface area contributed by atoms with Gasteiger partial charge in [0.05, 0.1) is 12.1 Å². The summed E-state index contributed by atoms with van der Waals surface area (Å²) in [6.45, 7) is 2.28. The van der Waals surface area contributed by atoms with E-state index >= 15 is 0 Å². The van der Waals surface area contributed by atoms with Crippen LogP contribution in [0.2, 0.25) is 0 Å². The quantitative estimate of drug-likeness (QED) is 0.166. The predicted octanol–water partition coefficient (Wildman–Crippen LogP) is 3.48. The van der Waals surface area contributed by atoms with Gasteiger partial charge in [0, 0.05) is 0 Å². The van der Waals surface area contributed by atoms with Crippen molar-refractivity contribution in [2.45, 2.75) is 141 Å². The number of rotatable bonds is 22. The van der Waals surface area contributed by atoms with Crippen LogP contribution in [-0.4, -0.2) is 17.2 Å². The molecule has 0 saturated carbocycles. The van der Waals surface area contributed by atoms with Crippen LogP contribution < -0.4 is 34.7 Å². The zero-order valence-corrected chi connectivity index (χ0v) is 21.6. The summed E-state index contributed by atoms with van der Waals surface area (Å²) in [6.07, 6.45) is 27.9. The van der Waals surface area contributed by atoms with E-state index in [-0.39, 0.29) is 29.6 Å². The smallest absolute Gasteiger partial charge is 0.545 e. The van der Waals surface area contributed by atoms with Crippen molar-refractivity contribution in [3.8, 4) is 0 Å². The zero-order valence-electron chi connectivity index (χ0n) is 19.6. The molecule has 0 amide bonds. The Kier molecular flexibility index (Phi) is 28.3. The van der Waals surface area contributed by atoms with E-state index in [0.717, 1.165) is 18.9 Å². The van der Waals surface area contributed by atoms with Crippen molar-refractivity contribution in [1.82, 2.24) is 0 Å². The first-order valence-corrected chi connectivity index (χ1v) is 12.2. The summed E-state index contributed by atoms with van der Waals surface area (Å²) in [7, 11) is 0. The van der Waals surface area contributed by atoms with Crippen LogP contribution in [0.15, 0.2) is 12.2 Å². The number of aliphatic carboxylic acids is 1. The summed E-state index contributed by atoms with van der Waals surface area (Å²) >= 11 is 0. The summed E-state index contributed by atoms with van der Waals surface area (Å²) in [6, 6.07) is 0. The fourth-order valence-corrected chi connectivity index (χ4v) is 3.72. The molecular weight excluding hydrogens is 371 g/mol. The molecule has 3 nitrogen and oxygen atoms in total. The van der Waals surface area contributed by atoms with Crippen molar-refractivity contribution in [3.63, 3.8) is 0 Å². The number of hydrogen-bond acceptors (Lipinski definition) is 3. The third kappa shape index (κ3) is 28.2. The van der Waals surface area contributed by atoms with Gasteiger partial charge in [-0.25, -0.2) is 0 Å². The summed E-state index contributed by atoms with van der Waals surface area (Å²) in [5.74, 6) is -1.24. The molecule has 0 aromatic heterocycles. The average Bonchev–Trinajstić information content (AvgIpc) is 2.68. The predicted molar refractivity (Wildman–Crippen MR) is 118 cm³/mol. The van der Waals surface area contributed by atoms with Crippen LogP contribution >= 0.6 is 0 Å². The average molecular weight is 419 g/mol. The number of aliphatic hydroxyl groups excluding tert-OH is 1. The summed E-state index contributed by atoms with van der Waals surface area (Å²) < 4.78 is 0. The fraction of sp³-hybridized carbons (Fsp3) is 0.880. The molecule has 1 N–H and O–H groups in total. The largest absolute Gasteiger partial charge is 1.00 e. The Morgan fingerprint density at radius 1 is 0.690 bits per heavy atom. The summed E-state index contributed by atoms with van der Waals surface area (Å²) in [5.41, 5.74) is 0. The SMILES string of the molecule is CCCCCCCCCCCCCCCCCCCCCC(O)C=CC(=O)[O-].[Na+]. The number of aliphatic hydroxyl groups is 1. The molecule has 0 heterocycles. The minimum absolute atomic E-state index is 0. The molecule has 166 valence electrons. The molecule has 0 saturated heterocycles. The summed E-state index contributed by atoms with van der Waals surface area (Å²) in [4.78, 5) is 10.2. The number of carboxylic acids is 1. The third-order valence-electron chi connectivity index (χ3n) is 5.56. The second-order valence-electron chi connectivity index (χ2n) is 8.40. The standard InChI is InChI=1S/C25H48O3.Na/c1-2-3-4-5-6-7-8-9-10-11-12-13-14-15-16-17-18-19-20-21-24(26)22-23-25(27)28;/h22-24,26H,2-21H2,1H3,(H,27,28);/q;+1/p-1. The van der Waals surface area contributed by atoms with Gasteiger partial charge >= 0.3 is 29.6 Å². The molecule has 4 heteroatoms. The monoisotopic (exact) mass is 418 g/mol. The van der Waals surface area contributed by atoms with E-state index in [4.69, 9.17) is 0 Å². The number of unbranched alkanes of at least 4 members (excludes halogenated alkanes) is 18. The van der Waals surface area contributed by atoms with Crippen LogP contribution in [0.25, 0.3) is 0 Å². The van der Waals surface area contributed by atoms with E-state index in [2.05, 4.69) is 6.92 Å². The van der Waals surface area contributed by atoms with Gasteiger partial charge in [0.1, 0.15) is 0 Å². The molecule has 0 rings (SSSR count). The number of hydrogen-bond donors (Lipinski definition) is 1. The van der Waals surface area contributed by atoms with Crippen LogP contribution in [0.3, 0.4) is 0 Å². The van der Waals surface area contributed by atoms with E-state index in [1.807, 2.05) is 0 Å². The van der Waals surface area contributed by atoms with Crippen LogP contribution in [-0.2, 0) is 4.79 Å². The first-order valence-electron chi connectivity index (χ1n) is 12.2. The van der Waals surface area contributed by atoms with E-state index < -0.39 is 12.1 Å². The third-order valence-corrected chi connectivity index (χ3v) is 5.56. The molecule has 0 fully saturated rings. The molecule has 0 aromatic rings. The molecule has 1 unspecified atom stereocenters. The van der Waals surface area contributed by atoms with Gasteiger partial charge in [-0.1, -0.05) is 135 Å². The molecule has 0 aliphatic carbocycles. The second-order valence-corrected chi connectivity index (χ2v) is 8.40. The number of carbonyl (C=O) groups excluding carboxylic acids is 1. The van der Waals surface area contributed by atoms with Gasteiger partial charge in [0.2, 0.25) is 0 Å². The molecule has 0 radical (unpaired) electrons.